The lowest BCUT2D eigenvalue weighted by Gasteiger charge is -2.15. The van der Waals surface area contributed by atoms with E-state index < -0.39 is 6.10 Å². The van der Waals surface area contributed by atoms with E-state index in [0.29, 0.717) is 6.54 Å². The Morgan fingerprint density at radius 1 is 1.26 bits per heavy atom. The van der Waals surface area contributed by atoms with Crippen molar-refractivity contribution in [3.05, 3.63) is 58.8 Å². The first kappa shape index (κ1) is 15.7. The van der Waals surface area contributed by atoms with Crippen LogP contribution in [0, 0.1) is 0 Å². The van der Waals surface area contributed by atoms with Crippen molar-refractivity contribution < 1.29 is 9.84 Å². The van der Waals surface area contributed by atoms with Crippen LogP contribution in [0.2, 0.25) is 0 Å². The molecule has 2 N–H and O–H groups in total. The SMILES string of the molecule is COc1cccc(C(O)CNc2ccnc3cc(Br)cnc23)c1. The minimum Gasteiger partial charge on any atom is -0.497 e. The number of aliphatic hydroxyl groups excluding tert-OH is 1. The summed E-state index contributed by atoms with van der Waals surface area (Å²) in [4.78, 5) is 8.68. The molecule has 5 nitrogen and oxygen atoms in total. The lowest BCUT2D eigenvalue weighted by Crippen LogP contribution is -2.12. The second-order valence-corrected chi connectivity index (χ2v) is 5.97. The van der Waals surface area contributed by atoms with Crippen LogP contribution in [-0.2, 0) is 0 Å². The molecule has 2 aromatic heterocycles. The van der Waals surface area contributed by atoms with Gasteiger partial charge in [-0.3, -0.25) is 9.97 Å². The fourth-order valence-corrected chi connectivity index (χ4v) is 2.64. The minimum absolute atomic E-state index is 0.365. The first-order valence-corrected chi connectivity index (χ1v) is 7.93. The molecule has 0 bridgehead atoms. The highest BCUT2D eigenvalue weighted by Crippen LogP contribution is 2.24. The predicted octanol–water partition coefficient (Wildman–Crippen LogP) is 3.55. The number of halogens is 1. The summed E-state index contributed by atoms with van der Waals surface area (Å²) in [6, 6.07) is 11.2. The van der Waals surface area contributed by atoms with Crippen LogP contribution in [0.25, 0.3) is 11.0 Å². The normalized spacial score (nSPS) is 12.1. The maximum absolute atomic E-state index is 10.4. The number of nitrogens with one attached hydrogen (secondary N) is 1. The summed E-state index contributed by atoms with van der Waals surface area (Å²) in [5.41, 5.74) is 3.20. The van der Waals surface area contributed by atoms with Gasteiger partial charge < -0.3 is 15.2 Å². The van der Waals surface area contributed by atoms with E-state index in [4.69, 9.17) is 4.74 Å². The summed E-state index contributed by atoms with van der Waals surface area (Å²) in [6.07, 6.45) is 2.80. The highest BCUT2D eigenvalue weighted by molar-refractivity contribution is 9.10. The van der Waals surface area contributed by atoms with Crippen LogP contribution in [0.15, 0.2) is 53.3 Å². The summed E-state index contributed by atoms with van der Waals surface area (Å²) < 4.78 is 6.06. The fraction of sp³-hybridized carbons (Fsp3) is 0.176. The molecule has 0 spiro atoms. The van der Waals surface area contributed by atoms with Crippen LogP contribution in [0.1, 0.15) is 11.7 Å². The maximum atomic E-state index is 10.4. The number of pyridine rings is 2. The van der Waals surface area contributed by atoms with Crippen LogP contribution in [0.4, 0.5) is 5.69 Å². The average Bonchev–Trinajstić information content (AvgIpc) is 2.59. The number of fused-ring (bicyclic) bond motifs is 1. The molecule has 1 unspecified atom stereocenters. The number of benzene rings is 1. The Morgan fingerprint density at radius 3 is 2.96 bits per heavy atom. The summed E-state index contributed by atoms with van der Waals surface area (Å²) in [7, 11) is 1.61. The monoisotopic (exact) mass is 373 g/mol. The number of nitrogens with zero attached hydrogens (tertiary/aromatic N) is 2. The van der Waals surface area contributed by atoms with Crippen LogP contribution < -0.4 is 10.1 Å². The van der Waals surface area contributed by atoms with Crippen molar-refractivity contribution >= 4 is 32.7 Å². The van der Waals surface area contributed by atoms with E-state index in [1.54, 1.807) is 19.5 Å². The van der Waals surface area contributed by atoms with Gasteiger partial charge in [-0.05, 0) is 45.8 Å². The number of aromatic nitrogens is 2. The Labute approximate surface area is 142 Å². The Balaban J connectivity index is 1.77. The Kier molecular flexibility index (Phi) is 4.73. The zero-order valence-corrected chi connectivity index (χ0v) is 14.1. The van der Waals surface area contributed by atoms with Crippen molar-refractivity contribution in [3.8, 4) is 5.75 Å². The largest absolute Gasteiger partial charge is 0.497 e. The number of aliphatic hydroxyl groups is 1. The molecule has 118 valence electrons. The fourth-order valence-electron chi connectivity index (χ4n) is 2.32. The van der Waals surface area contributed by atoms with E-state index in [1.165, 1.54) is 0 Å². The first-order valence-electron chi connectivity index (χ1n) is 7.13. The molecule has 2 heterocycles. The lowest BCUT2D eigenvalue weighted by molar-refractivity contribution is 0.191. The topological polar surface area (TPSA) is 67.3 Å². The molecule has 0 saturated heterocycles. The minimum atomic E-state index is -0.649. The molecule has 0 amide bonds. The molecular weight excluding hydrogens is 358 g/mol. The molecular formula is C17H16BrN3O2. The molecule has 0 aliphatic carbocycles. The van der Waals surface area contributed by atoms with Gasteiger partial charge in [0.15, 0.2) is 0 Å². The van der Waals surface area contributed by atoms with E-state index in [0.717, 1.165) is 32.5 Å². The molecule has 23 heavy (non-hydrogen) atoms. The summed E-state index contributed by atoms with van der Waals surface area (Å²) >= 11 is 3.39. The van der Waals surface area contributed by atoms with Gasteiger partial charge in [-0.2, -0.15) is 0 Å². The standard InChI is InChI=1S/C17H16BrN3O2/c1-23-13-4-2-3-11(7-13)16(22)10-20-14-5-6-19-15-8-12(18)9-21-17(14)15/h2-9,16,22H,10H2,1H3,(H,19,20). The molecule has 0 saturated carbocycles. The molecule has 6 heteroatoms. The number of anilines is 1. The zero-order chi connectivity index (χ0) is 16.2. The van der Waals surface area contributed by atoms with Crippen molar-refractivity contribution in [2.75, 3.05) is 19.0 Å². The second-order valence-electron chi connectivity index (χ2n) is 5.05. The third-order valence-electron chi connectivity index (χ3n) is 3.51. The number of hydrogen-bond donors (Lipinski definition) is 2. The van der Waals surface area contributed by atoms with E-state index in [1.807, 2.05) is 36.4 Å². The summed E-state index contributed by atoms with van der Waals surface area (Å²) in [5.74, 6) is 0.724. The van der Waals surface area contributed by atoms with Gasteiger partial charge in [0, 0.05) is 23.4 Å². The van der Waals surface area contributed by atoms with Crippen LogP contribution in [0.3, 0.4) is 0 Å². The van der Waals surface area contributed by atoms with Crippen LogP contribution in [0.5, 0.6) is 5.75 Å². The van der Waals surface area contributed by atoms with E-state index in [-0.39, 0.29) is 0 Å². The quantitative estimate of drug-likeness (QED) is 0.715. The number of hydrogen-bond acceptors (Lipinski definition) is 5. The summed E-state index contributed by atoms with van der Waals surface area (Å²) in [5, 5.41) is 13.6. The van der Waals surface area contributed by atoms with Gasteiger partial charge in [-0.1, -0.05) is 12.1 Å². The Morgan fingerprint density at radius 2 is 2.13 bits per heavy atom. The Hall–Kier alpha value is -2.18. The van der Waals surface area contributed by atoms with Gasteiger partial charge >= 0.3 is 0 Å². The van der Waals surface area contributed by atoms with Crippen molar-refractivity contribution in [2.24, 2.45) is 0 Å². The first-order chi connectivity index (χ1) is 11.2. The molecule has 1 aromatic carbocycles. The van der Waals surface area contributed by atoms with Crippen molar-refractivity contribution in [2.45, 2.75) is 6.10 Å². The third-order valence-corrected chi connectivity index (χ3v) is 3.94. The third kappa shape index (κ3) is 3.60. The molecule has 0 aliphatic heterocycles. The predicted molar refractivity (Wildman–Crippen MR) is 93.7 cm³/mol. The highest BCUT2D eigenvalue weighted by atomic mass is 79.9. The average molecular weight is 374 g/mol. The number of rotatable bonds is 5. The molecule has 0 fully saturated rings. The number of methoxy groups -OCH3 is 1. The van der Waals surface area contributed by atoms with Crippen molar-refractivity contribution in [3.63, 3.8) is 0 Å². The van der Waals surface area contributed by atoms with Gasteiger partial charge in [-0.25, -0.2) is 0 Å². The number of ether oxygens (including phenoxy) is 1. The second kappa shape index (κ2) is 6.93. The molecule has 0 aliphatic rings. The summed E-state index contributed by atoms with van der Waals surface area (Å²) in [6.45, 7) is 0.365. The maximum Gasteiger partial charge on any atom is 0.119 e. The molecule has 1 atom stereocenters. The molecule has 0 radical (unpaired) electrons. The highest BCUT2D eigenvalue weighted by Gasteiger charge is 2.10. The van der Waals surface area contributed by atoms with Gasteiger partial charge in [-0.15, -0.1) is 0 Å². The lowest BCUT2D eigenvalue weighted by atomic mass is 10.1. The zero-order valence-electron chi connectivity index (χ0n) is 12.5. The van der Waals surface area contributed by atoms with Gasteiger partial charge in [0.05, 0.1) is 24.4 Å². The van der Waals surface area contributed by atoms with E-state index in [2.05, 4.69) is 31.2 Å². The van der Waals surface area contributed by atoms with Gasteiger partial charge in [0.2, 0.25) is 0 Å². The van der Waals surface area contributed by atoms with E-state index in [9.17, 15) is 5.11 Å². The van der Waals surface area contributed by atoms with Gasteiger partial charge in [0.1, 0.15) is 11.3 Å². The van der Waals surface area contributed by atoms with Crippen LogP contribution in [-0.4, -0.2) is 28.7 Å². The van der Waals surface area contributed by atoms with Crippen molar-refractivity contribution in [1.82, 2.24) is 9.97 Å². The molecule has 3 aromatic rings. The van der Waals surface area contributed by atoms with Gasteiger partial charge in [0.25, 0.3) is 0 Å². The van der Waals surface area contributed by atoms with Crippen LogP contribution >= 0.6 is 15.9 Å². The van der Waals surface area contributed by atoms with Crippen molar-refractivity contribution in [1.29, 1.82) is 0 Å². The van der Waals surface area contributed by atoms with E-state index >= 15 is 0 Å². The Bertz CT molecular complexity index is 826. The smallest absolute Gasteiger partial charge is 0.119 e. The molecule has 3 rings (SSSR count).